The topological polar surface area (TPSA) is 100 Å². The molecule has 1 aliphatic carbocycles. The third-order valence-electron chi connectivity index (χ3n) is 7.86. The maximum atomic E-state index is 14.5. The fraction of sp³-hybridized carbons (Fsp3) is 0.370. The van der Waals surface area contributed by atoms with E-state index in [0.717, 1.165) is 23.4 Å². The Hall–Kier alpha value is -3.59. The van der Waals surface area contributed by atoms with Gasteiger partial charge in [-0.25, -0.2) is 13.8 Å². The second-order valence-electron chi connectivity index (χ2n) is 10.1. The number of hydrogen-bond donors (Lipinski definition) is 2. The van der Waals surface area contributed by atoms with Crippen molar-refractivity contribution in [1.29, 1.82) is 0 Å². The lowest BCUT2D eigenvalue weighted by Gasteiger charge is -2.41. The molecule has 0 fully saturated rings. The van der Waals surface area contributed by atoms with E-state index in [9.17, 15) is 13.9 Å². The number of aromatic amines is 1. The zero-order chi connectivity index (χ0) is 25.8. The van der Waals surface area contributed by atoms with Crippen LogP contribution in [0.2, 0.25) is 0 Å². The number of rotatable bonds is 5. The number of halogens is 2. The maximum absolute atomic E-state index is 14.5. The van der Waals surface area contributed by atoms with Gasteiger partial charge in [-0.05, 0) is 67.5 Å². The number of fused-ring (bicyclic) bond motifs is 1. The van der Waals surface area contributed by atoms with Crippen LogP contribution in [-0.2, 0) is 5.41 Å². The van der Waals surface area contributed by atoms with E-state index >= 15 is 0 Å². The summed E-state index contributed by atoms with van der Waals surface area (Å²) in [6.07, 6.45) is 0.0293. The molecule has 0 saturated carbocycles. The molecule has 0 amide bonds. The fourth-order valence-corrected chi connectivity index (χ4v) is 5.57. The van der Waals surface area contributed by atoms with E-state index in [1.54, 1.807) is 13.0 Å². The van der Waals surface area contributed by atoms with E-state index in [2.05, 4.69) is 53.1 Å². The van der Waals surface area contributed by atoms with Crippen LogP contribution in [-0.4, -0.2) is 35.5 Å². The predicted octanol–water partition coefficient (Wildman–Crippen LogP) is 5.49. The van der Waals surface area contributed by atoms with Crippen molar-refractivity contribution < 1.29 is 13.9 Å². The van der Waals surface area contributed by atoms with Crippen molar-refractivity contribution in [2.24, 2.45) is 5.41 Å². The summed E-state index contributed by atoms with van der Waals surface area (Å²) < 4.78 is 29.1. The number of hydrogen-bond acceptors (Lipinski definition) is 6. The quantitative estimate of drug-likeness (QED) is 0.383. The number of aliphatic hydroxyl groups is 1. The van der Waals surface area contributed by atoms with E-state index in [1.165, 1.54) is 18.2 Å². The van der Waals surface area contributed by atoms with Crippen LogP contribution in [0.3, 0.4) is 0 Å². The minimum absolute atomic E-state index is 0.0548. The summed E-state index contributed by atoms with van der Waals surface area (Å²) in [7, 11) is 0. The Bertz CT molecular complexity index is 1430. The molecule has 7 nitrogen and oxygen atoms in total. The van der Waals surface area contributed by atoms with Crippen LogP contribution in [0, 0.1) is 17.0 Å². The lowest BCUT2D eigenvalue weighted by Crippen LogP contribution is -2.40. The van der Waals surface area contributed by atoms with Crippen molar-refractivity contribution in [3.63, 3.8) is 0 Å². The number of benzene rings is 1. The highest BCUT2D eigenvalue weighted by molar-refractivity contribution is 5.63. The van der Waals surface area contributed by atoms with Gasteiger partial charge < -0.3 is 10.1 Å². The number of aliphatic hydroxyl groups excluding tert-OH is 1. The van der Waals surface area contributed by atoms with Crippen molar-refractivity contribution in [3.05, 3.63) is 76.9 Å². The Labute approximate surface area is 208 Å². The molecule has 1 aromatic carbocycles. The second-order valence-corrected chi connectivity index (χ2v) is 10.1. The molecule has 0 bridgehead atoms. The average molecular weight is 491 g/mol. The van der Waals surface area contributed by atoms with Crippen molar-refractivity contribution in [3.8, 4) is 22.8 Å². The van der Waals surface area contributed by atoms with Gasteiger partial charge in [-0.1, -0.05) is 32.9 Å². The van der Waals surface area contributed by atoms with Crippen LogP contribution < -0.4 is 0 Å². The van der Waals surface area contributed by atoms with Crippen molar-refractivity contribution in [2.45, 2.75) is 58.5 Å². The highest BCUT2D eigenvalue weighted by atomic mass is 19.1. The largest absolute Gasteiger partial charge is 0.385 e. The molecule has 5 rings (SSSR count). The summed E-state index contributed by atoms with van der Waals surface area (Å²) in [5, 5.41) is 26.8. The minimum Gasteiger partial charge on any atom is -0.385 e. The first-order valence-corrected chi connectivity index (χ1v) is 12.0. The molecular weight excluding hydrogens is 462 g/mol. The summed E-state index contributed by atoms with van der Waals surface area (Å²) in [4.78, 5) is 7.96. The molecule has 36 heavy (non-hydrogen) atoms. The zero-order valence-corrected chi connectivity index (χ0v) is 20.8. The van der Waals surface area contributed by atoms with Crippen LogP contribution in [0.25, 0.3) is 22.8 Å². The summed E-state index contributed by atoms with van der Waals surface area (Å²) in [5.41, 5.74) is 2.03. The molecule has 2 N–H and O–H groups in total. The first-order chi connectivity index (χ1) is 17.1. The zero-order valence-electron chi connectivity index (χ0n) is 20.8. The first kappa shape index (κ1) is 24.1. The highest BCUT2D eigenvalue weighted by Gasteiger charge is 2.57. The number of nitrogens with zero attached hydrogens (tertiary/aromatic N) is 5. The Morgan fingerprint density at radius 2 is 1.67 bits per heavy atom. The number of pyridine rings is 1. The van der Waals surface area contributed by atoms with Gasteiger partial charge >= 0.3 is 0 Å². The molecule has 3 heterocycles. The first-order valence-electron chi connectivity index (χ1n) is 12.0. The Balaban J connectivity index is 1.67. The molecule has 0 unspecified atom stereocenters. The molecular formula is C27H28F2N6O. The fourth-order valence-electron chi connectivity index (χ4n) is 5.57. The van der Waals surface area contributed by atoms with E-state index in [0.29, 0.717) is 17.3 Å². The monoisotopic (exact) mass is 490 g/mol. The normalized spacial score (nSPS) is 21.4. The van der Waals surface area contributed by atoms with Gasteiger partial charge in [0.05, 0.1) is 28.1 Å². The van der Waals surface area contributed by atoms with E-state index in [-0.39, 0.29) is 22.6 Å². The molecule has 3 aromatic heterocycles. The van der Waals surface area contributed by atoms with Crippen LogP contribution in [0.5, 0.6) is 0 Å². The maximum Gasteiger partial charge on any atom is 0.180 e. The third kappa shape index (κ3) is 3.44. The van der Waals surface area contributed by atoms with Crippen LogP contribution in [0.4, 0.5) is 8.78 Å². The summed E-state index contributed by atoms with van der Waals surface area (Å²) in [6.45, 7) is 10.1. The van der Waals surface area contributed by atoms with Crippen LogP contribution in [0.15, 0.2) is 42.5 Å². The molecule has 9 heteroatoms. The van der Waals surface area contributed by atoms with Gasteiger partial charge in [-0.2, -0.15) is 5.10 Å². The van der Waals surface area contributed by atoms with Crippen LogP contribution in [0.1, 0.15) is 75.8 Å². The van der Waals surface area contributed by atoms with Gasteiger partial charge in [0.1, 0.15) is 23.4 Å². The lowest BCUT2D eigenvalue weighted by molar-refractivity contribution is 0.189. The van der Waals surface area contributed by atoms with E-state index < -0.39 is 23.2 Å². The van der Waals surface area contributed by atoms with Gasteiger partial charge in [0.2, 0.25) is 0 Å². The van der Waals surface area contributed by atoms with Gasteiger partial charge in [0.25, 0.3) is 0 Å². The molecule has 4 aromatic rings. The molecule has 0 saturated heterocycles. The number of H-pyrrole nitrogens is 1. The van der Waals surface area contributed by atoms with Crippen molar-refractivity contribution >= 4 is 0 Å². The number of nitrogens with one attached hydrogen (secondary N) is 1. The molecule has 3 atom stereocenters. The minimum atomic E-state index is -0.776. The van der Waals surface area contributed by atoms with E-state index in [4.69, 9.17) is 4.98 Å². The summed E-state index contributed by atoms with van der Waals surface area (Å²) in [6, 6.07) is 11.2. The summed E-state index contributed by atoms with van der Waals surface area (Å²) in [5.74, 6) is -0.472. The molecule has 0 aliphatic heterocycles. The van der Waals surface area contributed by atoms with Crippen molar-refractivity contribution in [1.82, 2.24) is 30.4 Å². The second kappa shape index (κ2) is 8.51. The summed E-state index contributed by atoms with van der Waals surface area (Å²) >= 11 is 0. The predicted molar refractivity (Wildman–Crippen MR) is 131 cm³/mol. The lowest BCUT2D eigenvalue weighted by atomic mass is 9.62. The molecule has 0 radical (unpaired) electrons. The SMILES string of the molecule is CC[C@H]1c2cc(-c3c(F)cccc3F)nnc2[C@](C)(c2cccc(-c3nnc([C@H](C)O)[nH]3)n2)C1(C)C. The van der Waals surface area contributed by atoms with Gasteiger partial charge in [-0.3, -0.25) is 0 Å². The smallest absolute Gasteiger partial charge is 0.180 e. The van der Waals surface area contributed by atoms with Crippen LogP contribution >= 0.6 is 0 Å². The molecule has 0 spiro atoms. The Kier molecular flexibility index (Phi) is 5.70. The molecule has 186 valence electrons. The van der Waals surface area contributed by atoms with Gasteiger partial charge in [0.15, 0.2) is 11.6 Å². The Morgan fingerprint density at radius 1 is 0.972 bits per heavy atom. The molecule has 1 aliphatic rings. The van der Waals surface area contributed by atoms with Gasteiger partial charge in [-0.15, -0.1) is 15.3 Å². The third-order valence-corrected chi connectivity index (χ3v) is 7.86. The van der Waals surface area contributed by atoms with Crippen molar-refractivity contribution in [2.75, 3.05) is 0 Å². The standard InChI is InChI=1S/C27H28F2N6O/c1-6-16-15-13-20(22-17(28)9-7-10-18(22)29)32-33-23(15)27(5,26(16,3)4)21-12-8-11-19(30-21)25-31-24(14(2)36)34-35-25/h7-14,16,36H,6H2,1-5H3,(H,31,34,35)/t14-,16-,27-/m0/s1. The van der Waals surface area contributed by atoms with Gasteiger partial charge in [0, 0.05) is 0 Å². The highest BCUT2D eigenvalue weighted by Crippen LogP contribution is 2.61. The van der Waals surface area contributed by atoms with E-state index in [1.807, 2.05) is 18.2 Å². The average Bonchev–Trinajstić information content (AvgIpc) is 3.40. The number of aromatic nitrogens is 6. The Morgan fingerprint density at radius 3 is 2.31 bits per heavy atom.